The summed E-state index contributed by atoms with van der Waals surface area (Å²) >= 11 is 0. The van der Waals surface area contributed by atoms with Crippen LogP contribution in [-0.4, -0.2) is 20.3 Å². The Bertz CT molecular complexity index is 401. The van der Waals surface area contributed by atoms with Crippen LogP contribution in [0, 0.1) is 5.92 Å². The van der Waals surface area contributed by atoms with Crippen molar-refractivity contribution < 1.29 is 9.47 Å². The van der Waals surface area contributed by atoms with Gasteiger partial charge in [-0.2, -0.15) is 0 Å². The van der Waals surface area contributed by atoms with Gasteiger partial charge in [-0.25, -0.2) is 0 Å². The van der Waals surface area contributed by atoms with Crippen molar-refractivity contribution in [3.05, 3.63) is 23.8 Å². The van der Waals surface area contributed by atoms with Gasteiger partial charge in [0.2, 0.25) is 0 Å². The van der Waals surface area contributed by atoms with E-state index in [0.29, 0.717) is 6.04 Å². The van der Waals surface area contributed by atoms with Crippen molar-refractivity contribution in [1.82, 2.24) is 5.32 Å². The second-order valence-electron chi connectivity index (χ2n) is 4.96. The van der Waals surface area contributed by atoms with Crippen LogP contribution < -0.4 is 14.8 Å². The molecule has 1 aromatic carbocycles. The molecule has 0 spiro atoms. The zero-order valence-electron chi connectivity index (χ0n) is 10.2. The van der Waals surface area contributed by atoms with Crippen molar-refractivity contribution in [2.24, 2.45) is 5.92 Å². The van der Waals surface area contributed by atoms with Gasteiger partial charge in [-0.1, -0.05) is 6.42 Å². The normalized spacial score (nSPS) is 22.8. The minimum atomic E-state index is 0.325. The van der Waals surface area contributed by atoms with E-state index in [9.17, 15) is 0 Å². The smallest absolute Gasteiger partial charge is 0.127 e. The lowest BCUT2D eigenvalue weighted by Gasteiger charge is -2.25. The fourth-order valence-electron chi connectivity index (χ4n) is 2.39. The van der Waals surface area contributed by atoms with Gasteiger partial charge in [-0.3, -0.25) is 0 Å². The maximum Gasteiger partial charge on any atom is 0.127 e. The largest absolute Gasteiger partial charge is 0.493 e. The Labute approximate surface area is 102 Å². The molecule has 3 rings (SSSR count). The topological polar surface area (TPSA) is 30.5 Å². The monoisotopic (exact) mass is 233 g/mol. The Balaban J connectivity index is 1.66. The first-order valence-electron chi connectivity index (χ1n) is 6.43. The highest BCUT2D eigenvalue weighted by Crippen LogP contribution is 2.35. The van der Waals surface area contributed by atoms with Gasteiger partial charge in [-0.05, 0) is 37.9 Å². The van der Waals surface area contributed by atoms with Crippen LogP contribution in [0.2, 0.25) is 0 Å². The van der Waals surface area contributed by atoms with Crippen LogP contribution in [0.4, 0.5) is 0 Å². The SMILES string of the molecule is CNC1COc2cc(OCC3CCC3)ccc21. The molecule has 3 heteroatoms. The van der Waals surface area contributed by atoms with Gasteiger partial charge in [0, 0.05) is 11.6 Å². The van der Waals surface area contributed by atoms with E-state index >= 15 is 0 Å². The predicted octanol–water partition coefficient (Wildman–Crippen LogP) is 2.52. The van der Waals surface area contributed by atoms with Gasteiger partial charge in [0.15, 0.2) is 0 Å². The molecule has 17 heavy (non-hydrogen) atoms. The standard InChI is InChI=1S/C14H19NO2/c1-15-13-9-17-14-7-11(5-6-12(13)14)16-8-10-3-2-4-10/h5-7,10,13,15H,2-4,8-9H2,1H3. The summed E-state index contributed by atoms with van der Waals surface area (Å²) in [6, 6.07) is 6.51. The Hall–Kier alpha value is -1.22. The molecular weight excluding hydrogens is 214 g/mol. The second kappa shape index (κ2) is 4.57. The lowest BCUT2D eigenvalue weighted by atomic mass is 9.86. The van der Waals surface area contributed by atoms with E-state index in [0.717, 1.165) is 30.6 Å². The summed E-state index contributed by atoms with van der Waals surface area (Å²) in [7, 11) is 1.96. The fraction of sp³-hybridized carbons (Fsp3) is 0.571. The van der Waals surface area contributed by atoms with Crippen LogP contribution in [0.15, 0.2) is 18.2 Å². The van der Waals surface area contributed by atoms with Crippen LogP contribution in [0.1, 0.15) is 30.9 Å². The van der Waals surface area contributed by atoms with Gasteiger partial charge in [-0.15, -0.1) is 0 Å². The molecule has 0 amide bonds. The maximum atomic E-state index is 5.80. The van der Waals surface area contributed by atoms with Crippen LogP contribution in [0.3, 0.4) is 0 Å². The number of hydrogen-bond donors (Lipinski definition) is 1. The third kappa shape index (κ3) is 2.12. The molecule has 3 nitrogen and oxygen atoms in total. The van der Waals surface area contributed by atoms with E-state index in [1.54, 1.807) is 0 Å². The molecule has 2 aliphatic rings. The molecule has 1 N–H and O–H groups in total. The summed E-state index contributed by atoms with van der Waals surface area (Å²) in [4.78, 5) is 0. The molecule has 1 fully saturated rings. The van der Waals surface area contributed by atoms with Crippen molar-refractivity contribution in [2.45, 2.75) is 25.3 Å². The van der Waals surface area contributed by atoms with E-state index in [4.69, 9.17) is 9.47 Å². The highest BCUT2D eigenvalue weighted by molar-refractivity contribution is 5.44. The first-order chi connectivity index (χ1) is 8.36. The second-order valence-corrected chi connectivity index (χ2v) is 4.96. The van der Waals surface area contributed by atoms with Crippen LogP contribution in [0.5, 0.6) is 11.5 Å². The number of ether oxygens (including phenoxy) is 2. The summed E-state index contributed by atoms with van der Waals surface area (Å²) in [5.74, 6) is 2.68. The number of fused-ring (bicyclic) bond motifs is 1. The minimum Gasteiger partial charge on any atom is -0.493 e. The van der Waals surface area contributed by atoms with Crippen molar-refractivity contribution in [3.8, 4) is 11.5 Å². The molecule has 1 aliphatic heterocycles. The first-order valence-corrected chi connectivity index (χ1v) is 6.43. The number of likely N-dealkylation sites (N-methyl/N-ethyl adjacent to an activating group) is 1. The number of rotatable bonds is 4. The van der Waals surface area contributed by atoms with Crippen molar-refractivity contribution in [2.75, 3.05) is 20.3 Å². The Morgan fingerprint density at radius 2 is 2.29 bits per heavy atom. The average Bonchev–Trinajstić information content (AvgIpc) is 2.69. The van der Waals surface area contributed by atoms with E-state index < -0.39 is 0 Å². The highest BCUT2D eigenvalue weighted by Gasteiger charge is 2.23. The van der Waals surface area contributed by atoms with Gasteiger partial charge >= 0.3 is 0 Å². The molecule has 1 aromatic rings. The molecule has 1 aliphatic carbocycles. The number of hydrogen-bond acceptors (Lipinski definition) is 3. The molecule has 0 aromatic heterocycles. The number of benzene rings is 1. The van der Waals surface area contributed by atoms with Crippen molar-refractivity contribution >= 4 is 0 Å². The molecule has 1 heterocycles. The zero-order valence-corrected chi connectivity index (χ0v) is 10.2. The quantitative estimate of drug-likeness (QED) is 0.866. The minimum absolute atomic E-state index is 0.325. The third-order valence-electron chi connectivity index (χ3n) is 3.82. The van der Waals surface area contributed by atoms with Crippen molar-refractivity contribution in [3.63, 3.8) is 0 Å². The summed E-state index contributed by atoms with van der Waals surface area (Å²) in [5, 5.41) is 3.24. The van der Waals surface area contributed by atoms with Crippen LogP contribution in [-0.2, 0) is 0 Å². The lowest BCUT2D eigenvalue weighted by molar-refractivity contribution is 0.180. The van der Waals surface area contributed by atoms with Gasteiger partial charge < -0.3 is 14.8 Å². The van der Waals surface area contributed by atoms with Gasteiger partial charge in [0.25, 0.3) is 0 Å². The van der Waals surface area contributed by atoms with Gasteiger partial charge in [0.1, 0.15) is 18.1 Å². The molecule has 0 radical (unpaired) electrons. The Morgan fingerprint density at radius 1 is 1.41 bits per heavy atom. The summed E-state index contributed by atoms with van der Waals surface area (Å²) in [5.41, 5.74) is 1.24. The van der Waals surface area contributed by atoms with E-state index in [2.05, 4.69) is 17.4 Å². The predicted molar refractivity (Wildman–Crippen MR) is 66.6 cm³/mol. The molecule has 0 bridgehead atoms. The van der Waals surface area contributed by atoms with Crippen molar-refractivity contribution in [1.29, 1.82) is 0 Å². The van der Waals surface area contributed by atoms with Crippen LogP contribution in [0.25, 0.3) is 0 Å². The molecular formula is C14H19NO2. The van der Waals surface area contributed by atoms with Gasteiger partial charge in [0.05, 0.1) is 12.6 Å². The molecule has 0 saturated heterocycles. The third-order valence-corrected chi connectivity index (χ3v) is 3.82. The molecule has 92 valence electrons. The summed E-state index contributed by atoms with van der Waals surface area (Å²) in [6.45, 7) is 1.58. The summed E-state index contributed by atoms with van der Waals surface area (Å²) < 4.78 is 11.5. The molecule has 1 atom stereocenters. The lowest BCUT2D eigenvalue weighted by Crippen LogP contribution is -2.19. The highest BCUT2D eigenvalue weighted by atomic mass is 16.5. The van der Waals surface area contributed by atoms with E-state index in [-0.39, 0.29) is 0 Å². The van der Waals surface area contributed by atoms with Crippen LogP contribution >= 0.6 is 0 Å². The average molecular weight is 233 g/mol. The fourth-order valence-corrected chi connectivity index (χ4v) is 2.39. The zero-order chi connectivity index (χ0) is 11.7. The Kier molecular flexibility index (Phi) is 2.93. The first kappa shape index (κ1) is 10.9. The van der Waals surface area contributed by atoms with E-state index in [1.165, 1.54) is 24.8 Å². The Morgan fingerprint density at radius 3 is 3.00 bits per heavy atom. The number of nitrogens with one attached hydrogen (secondary N) is 1. The molecule has 1 saturated carbocycles. The summed E-state index contributed by atoms with van der Waals surface area (Å²) in [6.07, 6.45) is 4.01. The molecule has 1 unspecified atom stereocenters. The maximum absolute atomic E-state index is 5.80. The van der Waals surface area contributed by atoms with E-state index in [1.807, 2.05) is 13.1 Å².